The molecule has 1 N–H and O–H groups in total. The highest BCUT2D eigenvalue weighted by atomic mass is 127. The lowest BCUT2D eigenvalue weighted by molar-refractivity contribution is 0.0896. The van der Waals surface area contributed by atoms with Crippen LogP contribution in [0.5, 0.6) is 5.75 Å². The van der Waals surface area contributed by atoms with E-state index in [9.17, 15) is 4.79 Å². The van der Waals surface area contributed by atoms with Gasteiger partial charge in [-0.05, 0) is 60.2 Å². The number of benzene rings is 1. The molecule has 0 saturated carbocycles. The van der Waals surface area contributed by atoms with Crippen LogP contribution in [0.4, 0.5) is 0 Å². The molecule has 0 aliphatic carbocycles. The van der Waals surface area contributed by atoms with E-state index in [2.05, 4.69) is 27.9 Å². The molecule has 17 heavy (non-hydrogen) atoms. The minimum atomic E-state index is 0.0934. The maximum Gasteiger partial charge on any atom is 0.170 e. The Morgan fingerprint density at radius 1 is 1.53 bits per heavy atom. The molecular weight excluding hydrogens is 329 g/mol. The van der Waals surface area contributed by atoms with E-state index in [1.54, 1.807) is 7.11 Å². The number of ether oxygens (including phenoxy) is 1. The fourth-order valence-corrected chi connectivity index (χ4v) is 2.66. The molecular formula is C13H16INO2. The second-order valence-corrected chi connectivity index (χ2v) is 5.50. The normalized spacial score (nSPS) is 20.0. The Hall–Kier alpha value is -0.620. The van der Waals surface area contributed by atoms with E-state index in [1.807, 2.05) is 18.2 Å². The Bertz CT molecular complexity index is 414. The van der Waals surface area contributed by atoms with Gasteiger partial charge in [-0.3, -0.25) is 4.79 Å². The number of ketones is 1. The number of halogens is 1. The summed E-state index contributed by atoms with van der Waals surface area (Å²) < 4.78 is 6.33. The quantitative estimate of drug-likeness (QED) is 0.676. The van der Waals surface area contributed by atoms with Gasteiger partial charge in [0.05, 0.1) is 12.7 Å². The molecule has 1 atom stereocenters. The molecule has 3 nitrogen and oxygen atoms in total. The van der Waals surface area contributed by atoms with E-state index in [-0.39, 0.29) is 11.7 Å². The zero-order chi connectivity index (χ0) is 12.3. The van der Waals surface area contributed by atoms with Crippen molar-refractivity contribution in [3.8, 4) is 5.75 Å². The van der Waals surface area contributed by atoms with Crippen LogP contribution in [0.15, 0.2) is 18.2 Å². The van der Waals surface area contributed by atoms with Gasteiger partial charge in [-0.25, -0.2) is 0 Å². The predicted molar refractivity (Wildman–Crippen MR) is 75.6 cm³/mol. The van der Waals surface area contributed by atoms with Crippen LogP contribution in [0.3, 0.4) is 0 Å². The molecule has 0 amide bonds. The Kier molecular flexibility index (Phi) is 4.39. The lowest BCUT2D eigenvalue weighted by Gasteiger charge is -2.22. The Morgan fingerprint density at radius 3 is 3.00 bits per heavy atom. The van der Waals surface area contributed by atoms with E-state index in [1.165, 1.54) is 0 Å². The van der Waals surface area contributed by atoms with Gasteiger partial charge in [-0.1, -0.05) is 0 Å². The van der Waals surface area contributed by atoms with Crippen molar-refractivity contribution in [2.24, 2.45) is 5.92 Å². The molecule has 4 heteroatoms. The van der Waals surface area contributed by atoms with Crippen LogP contribution in [0.25, 0.3) is 0 Å². The molecule has 92 valence electrons. The third-order valence-electron chi connectivity index (χ3n) is 3.09. The number of piperidine rings is 1. The van der Waals surface area contributed by atoms with Crippen LogP contribution >= 0.6 is 22.6 Å². The van der Waals surface area contributed by atoms with Crippen LogP contribution in [0.1, 0.15) is 23.2 Å². The summed E-state index contributed by atoms with van der Waals surface area (Å²) in [6.45, 7) is 1.81. The number of Topliss-reactive ketones (excluding diaryl/α,β-unsaturated/α-hetero) is 1. The van der Waals surface area contributed by atoms with Crippen LogP contribution in [0.2, 0.25) is 0 Å². The Balaban J connectivity index is 2.25. The smallest absolute Gasteiger partial charge is 0.170 e. The van der Waals surface area contributed by atoms with Crippen molar-refractivity contribution in [1.82, 2.24) is 5.32 Å². The molecule has 1 aromatic carbocycles. The van der Waals surface area contributed by atoms with E-state index < -0.39 is 0 Å². The van der Waals surface area contributed by atoms with Crippen molar-refractivity contribution in [1.29, 1.82) is 0 Å². The second kappa shape index (κ2) is 5.82. The van der Waals surface area contributed by atoms with Crippen molar-refractivity contribution in [3.63, 3.8) is 0 Å². The maximum absolute atomic E-state index is 12.4. The molecule has 2 rings (SSSR count). The largest absolute Gasteiger partial charge is 0.496 e. The molecule has 1 aliphatic heterocycles. The van der Waals surface area contributed by atoms with Gasteiger partial charge in [0, 0.05) is 16.0 Å². The lowest BCUT2D eigenvalue weighted by atomic mass is 9.90. The average molecular weight is 345 g/mol. The van der Waals surface area contributed by atoms with Gasteiger partial charge in [0.1, 0.15) is 5.75 Å². The minimum Gasteiger partial charge on any atom is -0.496 e. The maximum atomic E-state index is 12.4. The number of hydrogen-bond donors (Lipinski definition) is 1. The summed E-state index contributed by atoms with van der Waals surface area (Å²) in [5.41, 5.74) is 0.716. The van der Waals surface area contributed by atoms with E-state index >= 15 is 0 Å². The number of hydrogen-bond acceptors (Lipinski definition) is 3. The summed E-state index contributed by atoms with van der Waals surface area (Å²) in [4.78, 5) is 12.4. The molecule has 1 aromatic rings. The minimum absolute atomic E-state index is 0.0934. The highest BCUT2D eigenvalue weighted by Gasteiger charge is 2.24. The second-order valence-electron chi connectivity index (χ2n) is 4.25. The average Bonchev–Trinajstić information content (AvgIpc) is 2.39. The van der Waals surface area contributed by atoms with Crippen molar-refractivity contribution in [2.45, 2.75) is 12.8 Å². The first-order valence-corrected chi connectivity index (χ1v) is 6.88. The summed E-state index contributed by atoms with van der Waals surface area (Å²) >= 11 is 2.22. The monoisotopic (exact) mass is 345 g/mol. The van der Waals surface area contributed by atoms with Crippen molar-refractivity contribution < 1.29 is 9.53 Å². The van der Waals surface area contributed by atoms with Gasteiger partial charge in [0.2, 0.25) is 0 Å². The number of carbonyl (C=O) groups excluding carboxylic acids is 1. The van der Waals surface area contributed by atoms with Gasteiger partial charge in [-0.15, -0.1) is 0 Å². The van der Waals surface area contributed by atoms with Crippen molar-refractivity contribution in [2.75, 3.05) is 20.2 Å². The standard InChI is InChI=1S/C13H16INO2/c1-17-12-5-4-10(14)7-11(12)13(16)9-3-2-6-15-8-9/h4-5,7,9,15H,2-3,6,8H2,1H3. The number of carbonyl (C=O) groups is 1. The summed E-state index contributed by atoms with van der Waals surface area (Å²) in [5.74, 6) is 0.976. The fourth-order valence-electron chi connectivity index (χ4n) is 2.17. The van der Waals surface area contributed by atoms with Crippen molar-refractivity contribution in [3.05, 3.63) is 27.3 Å². The number of nitrogens with one attached hydrogen (secondary N) is 1. The van der Waals surface area contributed by atoms with Gasteiger partial charge in [0.25, 0.3) is 0 Å². The number of rotatable bonds is 3. The first kappa shape index (κ1) is 12.8. The first-order chi connectivity index (χ1) is 8.22. The summed E-state index contributed by atoms with van der Waals surface area (Å²) in [5, 5.41) is 3.27. The van der Waals surface area contributed by atoms with Gasteiger partial charge in [-0.2, -0.15) is 0 Å². The summed E-state index contributed by atoms with van der Waals surface area (Å²) in [6, 6.07) is 5.73. The molecule has 1 fully saturated rings. The topological polar surface area (TPSA) is 38.3 Å². The zero-order valence-corrected chi connectivity index (χ0v) is 12.0. The van der Waals surface area contributed by atoms with Crippen molar-refractivity contribution >= 4 is 28.4 Å². The lowest BCUT2D eigenvalue weighted by Crippen LogP contribution is -2.34. The van der Waals surface area contributed by atoms with E-state index in [4.69, 9.17) is 4.74 Å². The van der Waals surface area contributed by atoms with Crippen LogP contribution in [-0.4, -0.2) is 26.0 Å². The summed E-state index contributed by atoms with van der Waals surface area (Å²) in [7, 11) is 1.61. The molecule has 0 radical (unpaired) electrons. The molecule has 1 saturated heterocycles. The van der Waals surface area contributed by atoms with Crippen LogP contribution in [-0.2, 0) is 0 Å². The number of methoxy groups -OCH3 is 1. The van der Waals surface area contributed by atoms with E-state index in [0.29, 0.717) is 11.3 Å². The van der Waals surface area contributed by atoms with Crippen LogP contribution < -0.4 is 10.1 Å². The van der Waals surface area contributed by atoms with E-state index in [0.717, 1.165) is 29.5 Å². The molecule has 0 spiro atoms. The Labute approximate surface area is 115 Å². The van der Waals surface area contributed by atoms with Gasteiger partial charge < -0.3 is 10.1 Å². The SMILES string of the molecule is COc1ccc(I)cc1C(=O)C1CCCNC1. The highest BCUT2D eigenvalue weighted by molar-refractivity contribution is 14.1. The molecule has 1 heterocycles. The molecule has 1 unspecified atom stereocenters. The Morgan fingerprint density at radius 2 is 2.35 bits per heavy atom. The molecule has 0 bridgehead atoms. The van der Waals surface area contributed by atoms with Crippen LogP contribution in [0, 0.1) is 9.49 Å². The van der Waals surface area contributed by atoms with Gasteiger partial charge in [0.15, 0.2) is 5.78 Å². The van der Waals surface area contributed by atoms with Gasteiger partial charge >= 0.3 is 0 Å². The highest BCUT2D eigenvalue weighted by Crippen LogP contribution is 2.26. The fraction of sp³-hybridized carbons (Fsp3) is 0.462. The molecule has 1 aliphatic rings. The first-order valence-electron chi connectivity index (χ1n) is 5.81. The third-order valence-corrected chi connectivity index (χ3v) is 3.77. The zero-order valence-electron chi connectivity index (χ0n) is 9.83. The summed E-state index contributed by atoms with van der Waals surface area (Å²) in [6.07, 6.45) is 2.04. The predicted octanol–water partition coefficient (Wildman–Crippen LogP) is 2.48. The third kappa shape index (κ3) is 2.98. The molecule has 0 aromatic heterocycles.